The summed E-state index contributed by atoms with van der Waals surface area (Å²) in [5.74, 6) is 0. The van der Waals surface area contributed by atoms with Crippen LogP contribution in [0.3, 0.4) is 0 Å². The number of unbranched alkanes of at least 4 members (excludes halogenated alkanes) is 12. The molecule has 0 aromatic carbocycles. The highest BCUT2D eigenvalue weighted by molar-refractivity contribution is 7.80. The van der Waals surface area contributed by atoms with Crippen LogP contribution in [0.15, 0.2) is 0 Å². The molecule has 0 aromatic rings. The van der Waals surface area contributed by atoms with Gasteiger partial charge in [0.1, 0.15) is 0 Å². The van der Waals surface area contributed by atoms with Crippen molar-refractivity contribution in [1.29, 1.82) is 0 Å². The Morgan fingerprint density at radius 2 is 0.944 bits per heavy atom. The molecular formula is C17H34S. The second-order valence-electron chi connectivity index (χ2n) is 5.69. The minimum atomic E-state index is 1.16. The molecule has 0 aliphatic heterocycles. The van der Waals surface area contributed by atoms with Crippen LogP contribution in [-0.2, 0) is 0 Å². The Bertz CT molecular complexity index is 174. The van der Waals surface area contributed by atoms with Gasteiger partial charge in [-0.05, 0) is 24.6 Å². The summed E-state index contributed by atoms with van der Waals surface area (Å²) in [5, 5.41) is 0. The third kappa shape index (κ3) is 16.1. The molecule has 0 spiro atoms. The van der Waals surface area contributed by atoms with E-state index in [1.54, 1.807) is 0 Å². The zero-order valence-electron chi connectivity index (χ0n) is 12.8. The van der Waals surface area contributed by atoms with Gasteiger partial charge in [0, 0.05) is 0 Å². The summed E-state index contributed by atoms with van der Waals surface area (Å²) in [7, 11) is 0. The molecule has 0 amide bonds. The van der Waals surface area contributed by atoms with Crippen LogP contribution in [0.4, 0.5) is 0 Å². The lowest BCUT2D eigenvalue weighted by atomic mass is 10.0. The van der Waals surface area contributed by atoms with Crippen LogP contribution in [-0.4, -0.2) is 4.86 Å². The standard InChI is InChI=1S/C17H34S/c1-3-4-5-6-7-8-9-10-11-12-13-14-15-16-17(2)18/h3-16H2,1-2H3. The molecule has 18 heavy (non-hydrogen) atoms. The van der Waals surface area contributed by atoms with Crippen molar-refractivity contribution in [2.24, 2.45) is 0 Å². The second-order valence-corrected chi connectivity index (χ2v) is 6.39. The Morgan fingerprint density at radius 1 is 0.611 bits per heavy atom. The lowest BCUT2D eigenvalue weighted by Crippen LogP contribution is -1.87. The first kappa shape index (κ1) is 18.1. The molecule has 108 valence electrons. The average molecular weight is 271 g/mol. The Hall–Kier alpha value is 0.0900. The van der Waals surface area contributed by atoms with E-state index in [-0.39, 0.29) is 0 Å². The summed E-state index contributed by atoms with van der Waals surface area (Å²) in [6.45, 7) is 4.35. The van der Waals surface area contributed by atoms with Crippen molar-refractivity contribution in [2.45, 2.75) is 104 Å². The van der Waals surface area contributed by atoms with E-state index in [9.17, 15) is 0 Å². The maximum atomic E-state index is 5.08. The maximum Gasteiger partial charge on any atom is -0.0102 e. The Labute approximate surface area is 121 Å². The van der Waals surface area contributed by atoms with E-state index < -0.39 is 0 Å². The topological polar surface area (TPSA) is 0 Å². The Balaban J connectivity index is 2.92. The molecule has 0 aliphatic rings. The molecule has 0 saturated heterocycles. The third-order valence-electron chi connectivity index (χ3n) is 3.63. The minimum Gasteiger partial charge on any atom is -0.0900 e. The van der Waals surface area contributed by atoms with Gasteiger partial charge >= 0.3 is 0 Å². The number of hydrogen-bond acceptors (Lipinski definition) is 1. The second kappa shape index (κ2) is 15.1. The Morgan fingerprint density at radius 3 is 1.28 bits per heavy atom. The van der Waals surface area contributed by atoms with Gasteiger partial charge in [-0.25, -0.2) is 0 Å². The fourth-order valence-electron chi connectivity index (χ4n) is 2.39. The predicted molar refractivity (Wildman–Crippen MR) is 88.6 cm³/mol. The Kier molecular flexibility index (Phi) is 15.2. The van der Waals surface area contributed by atoms with Crippen LogP contribution in [0.2, 0.25) is 0 Å². The number of thiocarbonyl (C=S) groups is 1. The van der Waals surface area contributed by atoms with Gasteiger partial charge in [-0.1, -0.05) is 96.2 Å². The van der Waals surface area contributed by atoms with E-state index >= 15 is 0 Å². The van der Waals surface area contributed by atoms with Crippen LogP contribution in [0.1, 0.15) is 104 Å². The monoisotopic (exact) mass is 270 g/mol. The molecule has 0 aliphatic carbocycles. The molecule has 0 heterocycles. The molecule has 0 aromatic heterocycles. The first-order valence-corrected chi connectivity index (χ1v) is 8.67. The van der Waals surface area contributed by atoms with Crippen molar-refractivity contribution >= 4 is 17.1 Å². The molecular weight excluding hydrogens is 236 g/mol. The van der Waals surface area contributed by atoms with Crippen molar-refractivity contribution in [3.63, 3.8) is 0 Å². The highest BCUT2D eigenvalue weighted by Crippen LogP contribution is 2.12. The SMILES string of the molecule is CCCCCCCCCCCCCCCC(C)=S. The van der Waals surface area contributed by atoms with Crippen LogP contribution >= 0.6 is 12.2 Å². The van der Waals surface area contributed by atoms with E-state index in [0.29, 0.717) is 0 Å². The first-order chi connectivity index (χ1) is 8.77. The van der Waals surface area contributed by atoms with Crippen molar-refractivity contribution in [3.05, 3.63) is 0 Å². The van der Waals surface area contributed by atoms with Crippen LogP contribution < -0.4 is 0 Å². The van der Waals surface area contributed by atoms with Crippen LogP contribution in [0.5, 0.6) is 0 Å². The van der Waals surface area contributed by atoms with E-state index in [4.69, 9.17) is 12.2 Å². The van der Waals surface area contributed by atoms with E-state index in [1.165, 1.54) is 88.3 Å². The quantitative estimate of drug-likeness (QED) is 0.245. The van der Waals surface area contributed by atoms with Gasteiger partial charge in [0.05, 0.1) is 0 Å². The van der Waals surface area contributed by atoms with E-state index in [1.807, 2.05) is 0 Å². The third-order valence-corrected chi connectivity index (χ3v) is 3.84. The van der Waals surface area contributed by atoms with Gasteiger partial charge in [-0.15, -0.1) is 0 Å². The highest BCUT2D eigenvalue weighted by atomic mass is 32.1. The smallest absolute Gasteiger partial charge is 0.0102 e. The van der Waals surface area contributed by atoms with Gasteiger partial charge in [0.2, 0.25) is 0 Å². The summed E-state index contributed by atoms with van der Waals surface area (Å²) in [6, 6.07) is 0. The van der Waals surface area contributed by atoms with Crippen LogP contribution in [0, 0.1) is 0 Å². The average Bonchev–Trinajstić information content (AvgIpc) is 2.34. The van der Waals surface area contributed by atoms with Crippen molar-refractivity contribution in [3.8, 4) is 0 Å². The predicted octanol–water partition coefficient (Wildman–Crippen LogP) is 6.86. The summed E-state index contributed by atoms with van der Waals surface area (Å²) in [5.41, 5.74) is 0. The molecule has 0 N–H and O–H groups in total. The lowest BCUT2D eigenvalue weighted by Gasteiger charge is -2.02. The highest BCUT2D eigenvalue weighted by Gasteiger charge is 1.94. The lowest BCUT2D eigenvalue weighted by molar-refractivity contribution is 0.541. The molecule has 0 atom stereocenters. The molecule has 1 heteroatoms. The first-order valence-electron chi connectivity index (χ1n) is 8.26. The summed E-state index contributed by atoms with van der Waals surface area (Å²) in [6.07, 6.45) is 19.7. The molecule has 0 unspecified atom stereocenters. The largest absolute Gasteiger partial charge is 0.0900 e. The zero-order chi connectivity index (χ0) is 13.5. The van der Waals surface area contributed by atoms with Gasteiger partial charge < -0.3 is 0 Å². The minimum absolute atomic E-state index is 1.16. The summed E-state index contributed by atoms with van der Waals surface area (Å²) in [4.78, 5) is 1.18. The summed E-state index contributed by atoms with van der Waals surface area (Å²) < 4.78 is 0. The fourth-order valence-corrected chi connectivity index (χ4v) is 2.54. The molecule has 0 bridgehead atoms. The molecule has 0 saturated carbocycles. The molecule has 0 fully saturated rings. The normalized spacial score (nSPS) is 10.8. The van der Waals surface area contributed by atoms with Gasteiger partial charge in [-0.3, -0.25) is 0 Å². The van der Waals surface area contributed by atoms with E-state index in [0.717, 1.165) is 6.42 Å². The van der Waals surface area contributed by atoms with Gasteiger partial charge in [0.15, 0.2) is 0 Å². The van der Waals surface area contributed by atoms with Gasteiger partial charge in [0.25, 0.3) is 0 Å². The van der Waals surface area contributed by atoms with E-state index in [2.05, 4.69) is 13.8 Å². The fraction of sp³-hybridized carbons (Fsp3) is 0.941. The maximum absolute atomic E-state index is 5.08. The van der Waals surface area contributed by atoms with Crippen molar-refractivity contribution in [2.75, 3.05) is 0 Å². The molecule has 0 rings (SSSR count). The van der Waals surface area contributed by atoms with Crippen molar-refractivity contribution in [1.82, 2.24) is 0 Å². The zero-order valence-corrected chi connectivity index (χ0v) is 13.6. The van der Waals surface area contributed by atoms with Crippen LogP contribution in [0.25, 0.3) is 0 Å². The number of hydrogen-bond donors (Lipinski definition) is 0. The summed E-state index contributed by atoms with van der Waals surface area (Å²) >= 11 is 5.08. The van der Waals surface area contributed by atoms with Crippen molar-refractivity contribution < 1.29 is 0 Å². The van der Waals surface area contributed by atoms with Gasteiger partial charge in [-0.2, -0.15) is 0 Å². The molecule has 0 nitrogen and oxygen atoms in total. The number of rotatable bonds is 14. The molecule has 0 radical (unpaired) electrons.